The lowest BCUT2D eigenvalue weighted by molar-refractivity contribution is 0.0919. The number of carbonyl (C=O) groups is 1. The summed E-state index contributed by atoms with van der Waals surface area (Å²) < 4.78 is 17.7. The fraction of sp³-hybridized carbons (Fsp3) is 0.333. The minimum Gasteiger partial charge on any atom is -0.371 e. The molecule has 2 N–H and O–H groups in total. The van der Waals surface area contributed by atoms with Gasteiger partial charge in [-0.25, -0.2) is 14.2 Å². The van der Waals surface area contributed by atoms with Crippen LogP contribution in [-0.4, -0.2) is 38.1 Å². The topological polar surface area (TPSA) is 93.8 Å². The van der Waals surface area contributed by atoms with E-state index >= 15 is 0 Å². The maximum Gasteiger partial charge on any atom is 0.333 e. The van der Waals surface area contributed by atoms with E-state index in [-0.39, 0.29) is 29.4 Å². The van der Waals surface area contributed by atoms with Gasteiger partial charge in [0.25, 0.3) is 5.91 Å². The predicted molar refractivity (Wildman–Crippen MR) is 142 cm³/mol. The lowest BCUT2D eigenvalue weighted by Crippen LogP contribution is -2.39. The van der Waals surface area contributed by atoms with Crippen LogP contribution in [0.4, 0.5) is 10.2 Å². The highest BCUT2D eigenvalue weighted by Gasteiger charge is 2.26. The zero-order valence-corrected chi connectivity index (χ0v) is 21.4. The van der Waals surface area contributed by atoms with E-state index in [9.17, 15) is 14.0 Å². The second-order valence-electron chi connectivity index (χ2n) is 9.47. The first-order chi connectivity index (χ1) is 17.9. The molecule has 1 aromatic carbocycles. The Labute approximate surface area is 218 Å². The van der Waals surface area contributed by atoms with Gasteiger partial charge in [-0.1, -0.05) is 23.7 Å². The Kier molecular flexibility index (Phi) is 6.97. The third kappa shape index (κ3) is 4.96. The molecule has 8 nitrogen and oxygen atoms in total. The number of benzene rings is 1. The number of halogens is 2. The molecule has 0 spiro atoms. The van der Waals surface area contributed by atoms with Crippen LogP contribution >= 0.6 is 11.6 Å². The first-order valence-corrected chi connectivity index (χ1v) is 12.7. The van der Waals surface area contributed by atoms with Crippen molar-refractivity contribution in [3.05, 3.63) is 81.4 Å². The van der Waals surface area contributed by atoms with Gasteiger partial charge in [0.15, 0.2) is 11.6 Å². The minimum absolute atomic E-state index is 0.0555. The molecule has 10 heteroatoms. The third-order valence-corrected chi connectivity index (χ3v) is 7.28. The number of imidazole rings is 1. The van der Waals surface area contributed by atoms with Gasteiger partial charge >= 0.3 is 5.69 Å². The molecule has 1 aliphatic rings. The molecule has 0 bridgehead atoms. The number of hydrogen-bond acceptors (Lipinski definition) is 5. The first kappa shape index (κ1) is 25.0. The van der Waals surface area contributed by atoms with Gasteiger partial charge < -0.3 is 10.6 Å². The summed E-state index contributed by atoms with van der Waals surface area (Å²) in [6.45, 7) is 2.34. The number of fused-ring (bicyclic) bond motifs is 1. The lowest BCUT2D eigenvalue weighted by Gasteiger charge is -2.29. The highest BCUT2D eigenvalue weighted by molar-refractivity contribution is 6.30. The van der Waals surface area contributed by atoms with Crippen molar-refractivity contribution < 1.29 is 9.18 Å². The number of aromatic nitrogens is 4. The second kappa shape index (κ2) is 10.3. The molecule has 3 heterocycles. The number of nitrogens with one attached hydrogen (secondary N) is 2. The molecule has 4 aromatic rings. The number of carbonyl (C=O) groups excluding carboxylic acids is 1. The van der Waals surface area contributed by atoms with E-state index in [1.807, 2.05) is 24.3 Å². The number of rotatable bonds is 6. The number of anilines is 1. The Bertz CT molecular complexity index is 1520. The van der Waals surface area contributed by atoms with Crippen LogP contribution in [0.3, 0.4) is 0 Å². The molecular formula is C27H28ClFN6O2. The molecule has 0 saturated heterocycles. The lowest BCUT2D eigenvalue weighted by atomic mass is 9.85. The largest absolute Gasteiger partial charge is 0.371 e. The average Bonchev–Trinajstić information content (AvgIpc) is 3.17. The molecule has 0 radical (unpaired) electrons. The molecule has 3 aromatic heterocycles. The smallest absolute Gasteiger partial charge is 0.333 e. The van der Waals surface area contributed by atoms with Crippen LogP contribution in [0, 0.1) is 18.7 Å². The van der Waals surface area contributed by atoms with Crippen molar-refractivity contribution in [3.8, 4) is 5.69 Å². The average molecular weight is 523 g/mol. The standard InChI is InChI=1S/C27H28ClFN6O2/c1-16-21(11-18(28)13-31-16)26(36)33-19-9-7-17(8-10-19)15-34-23-5-3-4-6-24(23)35(27(34)37)20-12-22(29)25(30-2)32-14-20/h3-6,11-14,17,19H,7-10,15H2,1-2H3,(H,30,32)(H,33,36). The van der Waals surface area contributed by atoms with E-state index in [4.69, 9.17) is 11.6 Å². The molecule has 192 valence electrons. The summed E-state index contributed by atoms with van der Waals surface area (Å²) in [7, 11) is 1.60. The van der Waals surface area contributed by atoms with E-state index in [0.717, 1.165) is 31.2 Å². The van der Waals surface area contributed by atoms with Crippen LogP contribution < -0.4 is 16.3 Å². The second-order valence-corrected chi connectivity index (χ2v) is 9.91. The molecule has 37 heavy (non-hydrogen) atoms. The monoisotopic (exact) mass is 522 g/mol. The molecule has 0 atom stereocenters. The maximum absolute atomic E-state index is 14.4. The Morgan fingerprint density at radius 1 is 1.11 bits per heavy atom. The Balaban J connectivity index is 1.32. The van der Waals surface area contributed by atoms with Crippen molar-refractivity contribution in [3.63, 3.8) is 0 Å². The van der Waals surface area contributed by atoms with Crippen molar-refractivity contribution in [2.24, 2.45) is 5.92 Å². The Hall–Kier alpha value is -3.72. The molecule has 1 saturated carbocycles. The fourth-order valence-electron chi connectivity index (χ4n) is 5.12. The normalized spacial score (nSPS) is 17.6. The van der Waals surface area contributed by atoms with Crippen LogP contribution in [0.2, 0.25) is 5.02 Å². The third-order valence-electron chi connectivity index (χ3n) is 7.08. The van der Waals surface area contributed by atoms with Crippen LogP contribution in [0.1, 0.15) is 41.7 Å². The van der Waals surface area contributed by atoms with Gasteiger partial charge in [-0.05, 0) is 56.7 Å². The zero-order chi connectivity index (χ0) is 26.1. The van der Waals surface area contributed by atoms with Gasteiger partial charge in [-0.3, -0.25) is 18.9 Å². The minimum atomic E-state index is -0.521. The van der Waals surface area contributed by atoms with Gasteiger partial charge in [0.1, 0.15) is 0 Å². The van der Waals surface area contributed by atoms with Gasteiger partial charge in [0, 0.05) is 31.9 Å². The van der Waals surface area contributed by atoms with Gasteiger partial charge in [0.2, 0.25) is 0 Å². The summed E-state index contributed by atoms with van der Waals surface area (Å²) in [6, 6.07) is 10.5. The molecule has 0 aliphatic heterocycles. The van der Waals surface area contributed by atoms with Crippen LogP contribution in [0.15, 0.2) is 53.6 Å². The van der Waals surface area contributed by atoms with E-state index in [0.29, 0.717) is 34.0 Å². The fourth-order valence-corrected chi connectivity index (χ4v) is 5.27. The number of aryl methyl sites for hydroxylation is 1. The Morgan fingerprint density at radius 2 is 1.84 bits per heavy atom. The van der Waals surface area contributed by atoms with Crippen molar-refractivity contribution >= 4 is 34.4 Å². The summed E-state index contributed by atoms with van der Waals surface area (Å²) in [4.78, 5) is 34.6. The van der Waals surface area contributed by atoms with E-state index in [2.05, 4.69) is 20.6 Å². The summed E-state index contributed by atoms with van der Waals surface area (Å²) in [6.07, 6.45) is 6.41. The van der Waals surface area contributed by atoms with Crippen molar-refractivity contribution in [1.29, 1.82) is 0 Å². The number of para-hydroxylation sites is 2. The summed E-state index contributed by atoms with van der Waals surface area (Å²) in [5.41, 5.74) is 2.79. The summed E-state index contributed by atoms with van der Waals surface area (Å²) in [5.74, 6) is -0.277. The SMILES string of the molecule is CNc1ncc(-n2c(=O)n(CC3CCC(NC(=O)c4cc(Cl)cnc4C)CC3)c3ccccc32)cc1F. The molecule has 1 amide bonds. The number of hydrogen-bond donors (Lipinski definition) is 2. The summed E-state index contributed by atoms with van der Waals surface area (Å²) >= 11 is 6.02. The highest BCUT2D eigenvalue weighted by atomic mass is 35.5. The maximum atomic E-state index is 14.4. The molecule has 1 fully saturated rings. The molecule has 1 aliphatic carbocycles. The van der Waals surface area contributed by atoms with E-state index in [1.165, 1.54) is 23.0 Å². The zero-order valence-electron chi connectivity index (χ0n) is 20.7. The van der Waals surface area contributed by atoms with Crippen LogP contribution in [-0.2, 0) is 6.54 Å². The number of nitrogens with zero attached hydrogens (tertiary/aromatic N) is 4. The van der Waals surface area contributed by atoms with E-state index < -0.39 is 5.82 Å². The summed E-state index contributed by atoms with van der Waals surface area (Å²) in [5, 5.41) is 6.24. The van der Waals surface area contributed by atoms with Crippen LogP contribution in [0.25, 0.3) is 16.7 Å². The molecular weight excluding hydrogens is 495 g/mol. The van der Waals surface area contributed by atoms with Crippen LogP contribution in [0.5, 0.6) is 0 Å². The van der Waals surface area contributed by atoms with Crippen molar-refractivity contribution in [2.45, 2.75) is 45.2 Å². The van der Waals surface area contributed by atoms with Gasteiger partial charge in [0.05, 0.1) is 39.2 Å². The van der Waals surface area contributed by atoms with Gasteiger partial charge in [-0.2, -0.15) is 0 Å². The van der Waals surface area contributed by atoms with Gasteiger partial charge in [-0.15, -0.1) is 0 Å². The Morgan fingerprint density at radius 3 is 2.54 bits per heavy atom. The van der Waals surface area contributed by atoms with E-state index in [1.54, 1.807) is 24.6 Å². The predicted octanol–water partition coefficient (Wildman–Crippen LogP) is 4.71. The van der Waals surface area contributed by atoms with Crippen molar-refractivity contribution in [1.82, 2.24) is 24.4 Å². The highest BCUT2D eigenvalue weighted by Crippen LogP contribution is 2.28. The molecule has 0 unspecified atom stereocenters. The molecule has 5 rings (SSSR count). The number of amides is 1. The number of pyridine rings is 2. The first-order valence-electron chi connectivity index (χ1n) is 12.3. The quantitative estimate of drug-likeness (QED) is 0.382. The van der Waals surface area contributed by atoms with Crippen molar-refractivity contribution in [2.75, 3.05) is 12.4 Å².